The van der Waals surface area contributed by atoms with Gasteiger partial charge in [-0.1, -0.05) is 22.9 Å². The molecule has 0 amide bonds. The third kappa shape index (κ3) is 3.46. The van der Waals surface area contributed by atoms with Gasteiger partial charge in [0, 0.05) is 0 Å². The Bertz CT molecular complexity index is 827. The highest BCUT2D eigenvalue weighted by Gasteiger charge is 2.17. The van der Waals surface area contributed by atoms with Gasteiger partial charge in [-0.05, 0) is 24.3 Å². The van der Waals surface area contributed by atoms with E-state index in [0.717, 1.165) is 35.6 Å². The van der Waals surface area contributed by atoms with Crippen molar-refractivity contribution >= 4 is 48.2 Å². The Kier molecular flexibility index (Phi) is 4.02. The Balaban J connectivity index is 2.30. The monoisotopic (exact) mass is 354 g/mol. The number of thiazole rings is 1. The summed E-state index contributed by atoms with van der Waals surface area (Å²) in [6, 6.07) is 4.08. The molecule has 2 N–H and O–H groups in total. The van der Waals surface area contributed by atoms with Gasteiger partial charge in [0.15, 0.2) is 5.13 Å². The Morgan fingerprint density at radius 1 is 1.10 bits per heavy atom. The number of rotatable bonds is 4. The molecule has 0 aliphatic heterocycles. The molecule has 0 atom stereocenters. The summed E-state index contributed by atoms with van der Waals surface area (Å²) in [4.78, 5) is 3.18. The summed E-state index contributed by atoms with van der Waals surface area (Å²) in [5.41, 5.74) is 0. The van der Waals surface area contributed by atoms with Crippen LogP contribution in [0.1, 0.15) is 0 Å². The van der Waals surface area contributed by atoms with Crippen LogP contribution in [0.3, 0.4) is 0 Å². The molecule has 2 rings (SSSR count). The van der Waals surface area contributed by atoms with Gasteiger partial charge in [-0.3, -0.25) is 9.27 Å². The third-order valence-electron chi connectivity index (χ3n) is 2.13. The van der Waals surface area contributed by atoms with Crippen molar-refractivity contribution in [2.45, 2.75) is 9.79 Å². The molecule has 0 bridgehead atoms. The van der Waals surface area contributed by atoms with Gasteiger partial charge in [0.1, 0.15) is 4.34 Å². The van der Waals surface area contributed by atoms with Crippen molar-refractivity contribution in [2.24, 2.45) is 0 Å². The minimum Gasteiger partial charge on any atom is -0.282 e. The number of aromatic nitrogens is 1. The maximum absolute atomic E-state index is 12.0. The highest BCUT2D eigenvalue weighted by Crippen LogP contribution is 2.25. The number of hydrogen-bond acceptors (Lipinski definition) is 6. The van der Waals surface area contributed by atoms with Gasteiger partial charge in [0.25, 0.3) is 20.1 Å². The summed E-state index contributed by atoms with van der Waals surface area (Å²) in [6.45, 7) is 0. The number of nitrogens with zero attached hydrogens (tertiary/aromatic N) is 1. The highest BCUT2D eigenvalue weighted by atomic mass is 35.5. The first-order chi connectivity index (χ1) is 9.18. The van der Waals surface area contributed by atoms with E-state index >= 15 is 0 Å². The van der Waals surface area contributed by atoms with Crippen LogP contribution in [0, 0.1) is 0 Å². The SMILES string of the molecule is O=S(=O)(O)c1ccc(S(=O)(=O)Nc2ncc(Cl)s2)cc1. The van der Waals surface area contributed by atoms with Crippen LogP contribution in [-0.4, -0.2) is 26.4 Å². The second-order valence-electron chi connectivity index (χ2n) is 3.52. The molecule has 1 aromatic carbocycles. The Labute approximate surface area is 124 Å². The number of sulfonamides is 1. The van der Waals surface area contributed by atoms with Gasteiger partial charge in [0.2, 0.25) is 0 Å². The first-order valence-electron chi connectivity index (χ1n) is 4.90. The van der Waals surface area contributed by atoms with Gasteiger partial charge in [-0.2, -0.15) is 8.42 Å². The van der Waals surface area contributed by atoms with Crippen LogP contribution in [0.4, 0.5) is 5.13 Å². The topological polar surface area (TPSA) is 113 Å². The van der Waals surface area contributed by atoms with Crippen LogP contribution in [0.5, 0.6) is 0 Å². The first-order valence-corrected chi connectivity index (χ1v) is 9.02. The molecular formula is C9H7ClN2O5S3. The Morgan fingerprint density at radius 2 is 1.65 bits per heavy atom. The van der Waals surface area contributed by atoms with E-state index in [-0.39, 0.29) is 10.0 Å². The van der Waals surface area contributed by atoms with Crippen LogP contribution in [0.25, 0.3) is 0 Å². The lowest BCUT2D eigenvalue weighted by Crippen LogP contribution is -2.12. The molecule has 20 heavy (non-hydrogen) atoms. The maximum Gasteiger partial charge on any atom is 0.294 e. The minimum atomic E-state index is -4.36. The fourth-order valence-electron chi connectivity index (χ4n) is 1.27. The normalized spacial score (nSPS) is 12.3. The molecule has 0 aliphatic rings. The van der Waals surface area contributed by atoms with Crippen molar-refractivity contribution in [2.75, 3.05) is 4.72 Å². The lowest BCUT2D eigenvalue weighted by atomic mass is 10.4. The quantitative estimate of drug-likeness (QED) is 0.810. The molecular weight excluding hydrogens is 348 g/mol. The molecule has 1 heterocycles. The summed E-state index contributed by atoms with van der Waals surface area (Å²) < 4.78 is 57.0. The third-order valence-corrected chi connectivity index (χ3v) is 5.51. The van der Waals surface area contributed by atoms with Crippen molar-refractivity contribution in [3.63, 3.8) is 0 Å². The molecule has 7 nitrogen and oxygen atoms in total. The zero-order chi connectivity index (χ0) is 15.0. The van der Waals surface area contributed by atoms with E-state index in [4.69, 9.17) is 16.2 Å². The molecule has 108 valence electrons. The van der Waals surface area contributed by atoms with E-state index < -0.39 is 25.0 Å². The van der Waals surface area contributed by atoms with E-state index in [1.165, 1.54) is 6.20 Å². The van der Waals surface area contributed by atoms with Crippen LogP contribution < -0.4 is 4.72 Å². The van der Waals surface area contributed by atoms with E-state index in [0.29, 0.717) is 4.34 Å². The molecule has 2 aromatic rings. The van der Waals surface area contributed by atoms with Crippen molar-refractivity contribution in [1.82, 2.24) is 4.98 Å². The molecule has 1 aromatic heterocycles. The minimum absolute atomic E-state index is 0.0915. The van der Waals surface area contributed by atoms with Gasteiger partial charge < -0.3 is 0 Å². The van der Waals surface area contributed by atoms with Crippen molar-refractivity contribution in [3.05, 3.63) is 34.8 Å². The summed E-state index contributed by atoms with van der Waals surface area (Å²) in [7, 11) is -8.26. The fourth-order valence-corrected chi connectivity index (χ4v) is 3.80. The Hall–Kier alpha value is -1.20. The van der Waals surface area contributed by atoms with Gasteiger partial charge in [0.05, 0.1) is 16.0 Å². The summed E-state index contributed by atoms with van der Waals surface area (Å²) >= 11 is 6.58. The number of halogens is 1. The van der Waals surface area contributed by atoms with E-state index in [1.807, 2.05) is 0 Å². The number of benzene rings is 1. The number of hydrogen-bond donors (Lipinski definition) is 2. The maximum atomic E-state index is 12.0. The smallest absolute Gasteiger partial charge is 0.282 e. The average molecular weight is 355 g/mol. The summed E-state index contributed by atoms with van der Waals surface area (Å²) in [5.74, 6) is 0. The van der Waals surface area contributed by atoms with E-state index in [1.54, 1.807) is 0 Å². The highest BCUT2D eigenvalue weighted by molar-refractivity contribution is 7.93. The summed E-state index contributed by atoms with van der Waals surface area (Å²) in [6.07, 6.45) is 1.30. The lowest BCUT2D eigenvalue weighted by Gasteiger charge is -2.05. The van der Waals surface area contributed by atoms with E-state index in [9.17, 15) is 16.8 Å². The van der Waals surface area contributed by atoms with Gasteiger partial charge in [-0.15, -0.1) is 0 Å². The second-order valence-corrected chi connectivity index (χ2v) is 8.29. The zero-order valence-electron chi connectivity index (χ0n) is 9.52. The number of nitrogens with one attached hydrogen (secondary N) is 1. The first kappa shape index (κ1) is 15.2. The van der Waals surface area contributed by atoms with Crippen molar-refractivity contribution in [3.8, 4) is 0 Å². The van der Waals surface area contributed by atoms with Gasteiger partial charge >= 0.3 is 0 Å². The van der Waals surface area contributed by atoms with E-state index in [2.05, 4.69) is 9.71 Å². The standard InChI is InChI=1S/C9H7ClN2O5S3/c10-8-5-11-9(18-8)12-19(13,14)6-1-3-7(4-2-6)20(15,16)17/h1-5H,(H,11,12)(H,15,16,17). The molecule has 0 aliphatic carbocycles. The molecule has 0 unspecified atom stereocenters. The van der Waals surface area contributed by atoms with Crippen LogP contribution in [0.2, 0.25) is 4.34 Å². The molecule has 0 saturated heterocycles. The second kappa shape index (κ2) is 5.30. The fraction of sp³-hybridized carbons (Fsp3) is 0. The average Bonchev–Trinajstić information content (AvgIpc) is 2.73. The largest absolute Gasteiger partial charge is 0.294 e. The molecule has 0 fully saturated rings. The molecule has 0 saturated carbocycles. The molecule has 0 radical (unpaired) electrons. The van der Waals surface area contributed by atoms with Gasteiger partial charge in [-0.25, -0.2) is 13.4 Å². The van der Waals surface area contributed by atoms with Crippen LogP contribution >= 0.6 is 22.9 Å². The van der Waals surface area contributed by atoms with Crippen molar-refractivity contribution < 1.29 is 21.4 Å². The van der Waals surface area contributed by atoms with Crippen molar-refractivity contribution in [1.29, 1.82) is 0 Å². The zero-order valence-corrected chi connectivity index (χ0v) is 12.7. The van der Waals surface area contributed by atoms with Crippen LogP contribution in [-0.2, 0) is 20.1 Å². The van der Waals surface area contributed by atoms with Crippen LogP contribution in [0.15, 0.2) is 40.3 Å². The predicted molar refractivity (Wildman–Crippen MR) is 74.2 cm³/mol. The Morgan fingerprint density at radius 3 is 2.10 bits per heavy atom. The number of anilines is 1. The predicted octanol–water partition coefficient (Wildman–Crippen LogP) is 1.84. The molecule has 0 spiro atoms. The lowest BCUT2D eigenvalue weighted by molar-refractivity contribution is 0.483. The molecule has 11 heteroatoms. The summed E-state index contributed by atoms with van der Waals surface area (Å²) in [5, 5.41) is 0.0915.